The highest BCUT2D eigenvalue weighted by Gasteiger charge is 2.28. The Morgan fingerprint density at radius 1 is 1.32 bits per heavy atom. The molecule has 1 aliphatic heterocycles. The van der Waals surface area contributed by atoms with Gasteiger partial charge in [0.25, 0.3) is 0 Å². The van der Waals surface area contributed by atoms with Crippen molar-refractivity contribution in [2.45, 2.75) is 38.6 Å². The fourth-order valence-corrected chi connectivity index (χ4v) is 3.31. The summed E-state index contributed by atoms with van der Waals surface area (Å²) in [5.41, 5.74) is 1.12. The summed E-state index contributed by atoms with van der Waals surface area (Å²) in [5, 5.41) is 4.67. The Morgan fingerprint density at radius 2 is 2.08 bits per heavy atom. The van der Waals surface area contributed by atoms with Crippen LogP contribution >= 0.6 is 0 Å². The molecule has 2 aromatic heterocycles. The van der Waals surface area contributed by atoms with E-state index in [9.17, 15) is 4.79 Å². The lowest BCUT2D eigenvalue weighted by molar-refractivity contribution is 0.155. The van der Waals surface area contributed by atoms with Crippen LogP contribution in [-0.4, -0.2) is 62.8 Å². The van der Waals surface area contributed by atoms with Crippen molar-refractivity contribution in [3.05, 3.63) is 41.7 Å². The average Bonchev–Trinajstić information content (AvgIpc) is 3.05. The molecular formula is C18H26N6O. The third-order valence-corrected chi connectivity index (χ3v) is 4.64. The molecule has 3 rings (SSSR count). The molecule has 7 nitrogen and oxygen atoms in total. The van der Waals surface area contributed by atoms with E-state index in [2.05, 4.69) is 17.0 Å². The predicted octanol–water partition coefficient (Wildman–Crippen LogP) is 2.14. The first-order valence-electron chi connectivity index (χ1n) is 8.87. The monoisotopic (exact) mass is 342 g/mol. The number of nitrogens with zero attached hydrogens (tertiary/aromatic N) is 6. The van der Waals surface area contributed by atoms with Gasteiger partial charge in [0, 0.05) is 58.5 Å². The van der Waals surface area contributed by atoms with Gasteiger partial charge in [-0.15, -0.1) is 0 Å². The first-order valence-corrected chi connectivity index (χ1v) is 8.87. The number of carbonyl (C=O) groups is 1. The summed E-state index contributed by atoms with van der Waals surface area (Å²) in [6.45, 7) is 4.45. The quantitative estimate of drug-likeness (QED) is 0.854. The van der Waals surface area contributed by atoms with Gasteiger partial charge >= 0.3 is 6.03 Å². The number of carbonyl (C=O) groups excluding carboxylic acids is 1. The normalized spacial score (nSPS) is 15.4. The molecule has 25 heavy (non-hydrogen) atoms. The van der Waals surface area contributed by atoms with Gasteiger partial charge in [0.1, 0.15) is 5.82 Å². The molecule has 0 spiro atoms. The molecule has 2 aromatic rings. The maximum atomic E-state index is 12.1. The number of rotatable bonds is 4. The summed E-state index contributed by atoms with van der Waals surface area (Å²) >= 11 is 0. The zero-order chi connectivity index (χ0) is 17.8. The number of urea groups is 1. The van der Waals surface area contributed by atoms with Gasteiger partial charge < -0.3 is 9.80 Å². The van der Waals surface area contributed by atoms with Crippen molar-refractivity contribution in [1.82, 2.24) is 29.5 Å². The van der Waals surface area contributed by atoms with Crippen LogP contribution in [0.3, 0.4) is 0 Å². The van der Waals surface area contributed by atoms with Crippen molar-refractivity contribution in [2.75, 3.05) is 27.2 Å². The Morgan fingerprint density at radius 3 is 2.68 bits per heavy atom. The van der Waals surface area contributed by atoms with Gasteiger partial charge in [0.15, 0.2) is 5.82 Å². The molecule has 7 heteroatoms. The molecule has 0 aromatic carbocycles. The van der Waals surface area contributed by atoms with Gasteiger partial charge in [-0.2, -0.15) is 5.10 Å². The topological polar surface area (TPSA) is 67.2 Å². The number of amides is 2. The van der Waals surface area contributed by atoms with Gasteiger partial charge in [0.2, 0.25) is 0 Å². The van der Waals surface area contributed by atoms with Crippen LogP contribution in [0.2, 0.25) is 0 Å². The zero-order valence-electron chi connectivity index (χ0n) is 15.2. The molecule has 3 heterocycles. The predicted molar refractivity (Wildman–Crippen MR) is 95.4 cm³/mol. The lowest BCUT2D eigenvalue weighted by Gasteiger charge is -2.33. The van der Waals surface area contributed by atoms with E-state index >= 15 is 0 Å². The molecule has 2 amide bonds. The van der Waals surface area contributed by atoms with Gasteiger partial charge in [-0.05, 0) is 31.4 Å². The molecule has 1 saturated heterocycles. The third-order valence-electron chi connectivity index (χ3n) is 4.64. The number of aryl methyl sites for hydroxylation is 1. The molecule has 0 bridgehead atoms. The van der Waals surface area contributed by atoms with Gasteiger partial charge in [0.05, 0.1) is 0 Å². The van der Waals surface area contributed by atoms with E-state index in [0.29, 0.717) is 12.3 Å². The Kier molecular flexibility index (Phi) is 5.31. The Bertz CT molecular complexity index is 704. The molecule has 0 aliphatic carbocycles. The van der Waals surface area contributed by atoms with Gasteiger partial charge in [-0.1, -0.05) is 6.07 Å². The fourth-order valence-electron chi connectivity index (χ4n) is 3.31. The molecule has 1 fully saturated rings. The van der Waals surface area contributed by atoms with E-state index < -0.39 is 0 Å². The lowest BCUT2D eigenvalue weighted by Crippen LogP contribution is -2.43. The number of piperidine rings is 1. The van der Waals surface area contributed by atoms with E-state index in [0.717, 1.165) is 49.7 Å². The highest BCUT2D eigenvalue weighted by atomic mass is 16.2. The Labute approximate surface area is 148 Å². The minimum atomic E-state index is 0.0904. The van der Waals surface area contributed by atoms with Crippen molar-refractivity contribution >= 4 is 6.03 Å². The number of pyridine rings is 1. The summed E-state index contributed by atoms with van der Waals surface area (Å²) in [4.78, 5) is 24.6. The Balaban J connectivity index is 1.69. The van der Waals surface area contributed by atoms with Crippen molar-refractivity contribution in [3.8, 4) is 0 Å². The second-order valence-electron chi connectivity index (χ2n) is 6.68. The average molecular weight is 342 g/mol. The van der Waals surface area contributed by atoms with E-state index in [-0.39, 0.29) is 6.03 Å². The lowest BCUT2D eigenvalue weighted by atomic mass is 9.96. The molecule has 1 aliphatic rings. The van der Waals surface area contributed by atoms with Crippen molar-refractivity contribution < 1.29 is 4.79 Å². The molecule has 0 saturated carbocycles. The number of aromatic nitrogens is 4. The van der Waals surface area contributed by atoms with Crippen LogP contribution in [0.1, 0.15) is 42.9 Å². The molecule has 0 N–H and O–H groups in total. The first kappa shape index (κ1) is 17.4. The molecule has 134 valence electrons. The van der Waals surface area contributed by atoms with Gasteiger partial charge in [-0.25, -0.2) is 14.5 Å². The van der Waals surface area contributed by atoms with Crippen LogP contribution in [-0.2, 0) is 13.0 Å². The van der Waals surface area contributed by atoms with Crippen LogP contribution < -0.4 is 0 Å². The van der Waals surface area contributed by atoms with Crippen LogP contribution in [0.5, 0.6) is 0 Å². The highest BCUT2D eigenvalue weighted by Crippen LogP contribution is 2.27. The van der Waals surface area contributed by atoms with Crippen LogP contribution in [0.4, 0.5) is 4.79 Å². The first-order chi connectivity index (χ1) is 12.1. The maximum Gasteiger partial charge on any atom is 0.319 e. The van der Waals surface area contributed by atoms with E-state index in [1.807, 2.05) is 27.9 Å². The SMILES string of the molecule is CCn1nc(Cc2cccnc2)nc1C1CCN(C(=O)N(C)C)CC1. The van der Waals surface area contributed by atoms with Crippen molar-refractivity contribution in [3.63, 3.8) is 0 Å². The third kappa shape index (κ3) is 3.97. The second kappa shape index (κ2) is 7.63. The molecule has 0 unspecified atom stereocenters. The largest absolute Gasteiger partial charge is 0.331 e. The van der Waals surface area contributed by atoms with E-state index in [1.54, 1.807) is 25.2 Å². The summed E-state index contributed by atoms with van der Waals surface area (Å²) in [6, 6.07) is 4.07. The zero-order valence-corrected chi connectivity index (χ0v) is 15.2. The van der Waals surface area contributed by atoms with Crippen molar-refractivity contribution in [1.29, 1.82) is 0 Å². The number of likely N-dealkylation sites (tertiary alicyclic amines) is 1. The second-order valence-corrected chi connectivity index (χ2v) is 6.68. The summed E-state index contributed by atoms with van der Waals surface area (Å²) in [7, 11) is 3.60. The standard InChI is InChI=1S/C18H26N6O/c1-4-24-17(15-7-10-23(11-8-15)18(25)22(2)3)20-16(21-24)12-14-6-5-9-19-13-14/h5-6,9,13,15H,4,7-8,10-12H2,1-3H3. The van der Waals surface area contributed by atoms with Crippen molar-refractivity contribution in [2.24, 2.45) is 0 Å². The van der Waals surface area contributed by atoms with Gasteiger partial charge in [-0.3, -0.25) is 4.98 Å². The van der Waals surface area contributed by atoms with E-state index in [4.69, 9.17) is 4.98 Å². The van der Waals surface area contributed by atoms with Crippen LogP contribution in [0, 0.1) is 0 Å². The maximum absolute atomic E-state index is 12.1. The minimum Gasteiger partial charge on any atom is -0.331 e. The number of hydrogen-bond donors (Lipinski definition) is 0. The summed E-state index contributed by atoms with van der Waals surface area (Å²) in [5.74, 6) is 2.26. The highest BCUT2D eigenvalue weighted by molar-refractivity contribution is 5.73. The Hall–Kier alpha value is -2.44. The summed E-state index contributed by atoms with van der Waals surface area (Å²) < 4.78 is 2.01. The number of hydrogen-bond acceptors (Lipinski definition) is 4. The molecule has 0 atom stereocenters. The van der Waals surface area contributed by atoms with E-state index in [1.165, 1.54) is 0 Å². The van der Waals surface area contributed by atoms with Crippen LogP contribution in [0.15, 0.2) is 24.5 Å². The fraction of sp³-hybridized carbons (Fsp3) is 0.556. The minimum absolute atomic E-state index is 0.0904. The molecular weight excluding hydrogens is 316 g/mol. The summed E-state index contributed by atoms with van der Waals surface area (Å²) in [6.07, 6.45) is 6.20. The molecule has 0 radical (unpaired) electrons. The smallest absolute Gasteiger partial charge is 0.319 e. The van der Waals surface area contributed by atoms with Crippen LogP contribution in [0.25, 0.3) is 0 Å².